The average molecular weight is 243 g/mol. The lowest BCUT2D eigenvalue weighted by Crippen LogP contribution is -2.40. The van der Waals surface area contributed by atoms with Crippen LogP contribution in [-0.4, -0.2) is 47.8 Å². The Balaban J connectivity index is 2.50. The number of hydrogen-bond acceptors (Lipinski definition) is 3. The monoisotopic (exact) mass is 243 g/mol. The predicted octanol–water partition coefficient (Wildman–Crippen LogP) is 1.56. The minimum atomic E-state index is -0.388. The van der Waals surface area contributed by atoms with Crippen molar-refractivity contribution in [3.05, 3.63) is 0 Å². The summed E-state index contributed by atoms with van der Waals surface area (Å²) in [6, 6.07) is 0.322. The Morgan fingerprint density at radius 1 is 1.53 bits per heavy atom. The molecule has 0 aromatic heterocycles. The number of carbonyl (C=O) groups is 1. The highest BCUT2D eigenvalue weighted by Crippen LogP contribution is 2.24. The summed E-state index contributed by atoms with van der Waals surface area (Å²) >= 11 is 0. The number of methoxy groups -OCH3 is 1. The molecule has 1 saturated heterocycles. The molecule has 1 fully saturated rings. The fraction of sp³-hybridized carbons (Fsp3) is 0.923. The molecule has 0 bridgehead atoms. The molecule has 1 aliphatic rings. The van der Waals surface area contributed by atoms with E-state index in [1.165, 1.54) is 0 Å². The second-order valence-corrected chi connectivity index (χ2v) is 5.39. The van der Waals surface area contributed by atoms with Crippen LogP contribution in [0.25, 0.3) is 0 Å². The molecular formula is C13H25NO3. The summed E-state index contributed by atoms with van der Waals surface area (Å²) in [5.41, 5.74) is -0.388. The number of hydrogen-bond donors (Lipinski definition) is 1. The van der Waals surface area contributed by atoms with E-state index in [2.05, 4.69) is 0 Å². The first-order chi connectivity index (χ1) is 8.00. The summed E-state index contributed by atoms with van der Waals surface area (Å²) in [4.78, 5) is 14.1. The highest BCUT2D eigenvalue weighted by Gasteiger charge is 2.31. The quantitative estimate of drug-likeness (QED) is 0.770. The van der Waals surface area contributed by atoms with E-state index < -0.39 is 0 Å². The van der Waals surface area contributed by atoms with Gasteiger partial charge in [0.1, 0.15) is 0 Å². The van der Waals surface area contributed by atoms with Gasteiger partial charge in [0.25, 0.3) is 0 Å². The Morgan fingerprint density at radius 2 is 2.24 bits per heavy atom. The third-order valence-electron chi connectivity index (χ3n) is 3.52. The van der Waals surface area contributed by atoms with Gasteiger partial charge in [-0.3, -0.25) is 4.79 Å². The predicted molar refractivity (Wildman–Crippen MR) is 66.8 cm³/mol. The molecule has 1 aliphatic heterocycles. The van der Waals surface area contributed by atoms with Gasteiger partial charge in [-0.2, -0.15) is 0 Å². The van der Waals surface area contributed by atoms with E-state index in [1.807, 2.05) is 18.7 Å². The van der Waals surface area contributed by atoms with Gasteiger partial charge in [0, 0.05) is 26.3 Å². The lowest BCUT2D eigenvalue weighted by Gasteiger charge is -2.29. The van der Waals surface area contributed by atoms with Crippen LogP contribution in [0.3, 0.4) is 0 Å². The number of ether oxygens (including phenoxy) is 1. The van der Waals surface area contributed by atoms with Gasteiger partial charge in [-0.15, -0.1) is 0 Å². The molecule has 1 amide bonds. The first kappa shape index (κ1) is 14.5. The summed E-state index contributed by atoms with van der Waals surface area (Å²) in [6.07, 6.45) is 4.27. The highest BCUT2D eigenvalue weighted by atomic mass is 16.5. The van der Waals surface area contributed by atoms with Crippen molar-refractivity contribution in [2.45, 2.75) is 57.6 Å². The van der Waals surface area contributed by atoms with E-state index in [0.717, 1.165) is 32.2 Å². The third kappa shape index (κ3) is 4.28. The van der Waals surface area contributed by atoms with Gasteiger partial charge in [-0.1, -0.05) is 0 Å². The van der Waals surface area contributed by atoms with E-state index in [4.69, 9.17) is 9.84 Å². The first-order valence-electron chi connectivity index (χ1n) is 6.45. The van der Waals surface area contributed by atoms with Crippen LogP contribution in [0, 0.1) is 0 Å². The molecule has 1 N–H and O–H groups in total. The van der Waals surface area contributed by atoms with Crippen LogP contribution in [0.15, 0.2) is 0 Å². The maximum Gasteiger partial charge on any atom is 0.225 e. The molecule has 0 spiro atoms. The maximum atomic E-state index is 12.2. The standard InChI is InChI=1S/C13H25NO3/c1-13(2,17-3)10-12(16)14-8-4-6-11(14)7-5-9-15/h11,15H,4-10H2,1-3H3. The minimum absolute atomic E-state index is 0.178. The fourth-order valence-electron chi connectivity index (χ4n) is 2.33. The molecule has 1 heterocycles. The smallest absolute Gasteiger partial charge is 0.225 e. The molecule has 1 rings (SSSR count). The highest BCUT2D eigenvalue weighted by molar-refractivity contribution is 5.77. The zero-order chi connectivity index (χ0) is 12.9. The Bertz CT molecular complexity index is 253. The van der Waals surface area contributed by atoms with E-state index in [9.17, 15) is 4.79 Å². The van der Waals surface area contributed by atoms with Gasteiger partial charge >= 0.3 is 0 Å². The Hall–Kier alpha value is -0.610. The van der Waals surface area contributed by atoms with Crippen molar-refractivity contribution >= 4 is 5.91 Å². The lowest BCUT2D eigenvalue weighted by atomic mass is 10.0. The molecule has 100 valence electrons. The molecule has 4 heteroatoms. The average Bonchev–Trinajstić information content (AvgIpc) is 2.74. The van der Waals surface area contributed by atoms with Gasteiger partial charge in [0.15, 0.2) is 0 Å². The number of carbonyl (C=O) groups excluding carboxylic acids is 1. The number of amides is 1. The second-order valence-electron chi connectivity index (χ2n) is 5.39. The van der Waals surface area contributed by atoms with Crippen LogP contribution in [0.2, 0.25) is 0 Å². The molecule has 0 aliphatic carbocycles. The van der Waals surface area contributed by atoms with Crippen LogP contribution in [0.1, 0.15) is 46.0 Å². The molecule has 0 radical (unpaired) electrons. The van der Waals surface area contributed by atoms with Gasteiger partial charge in [-0.05, 0) is 39.5 Å². The van der Waals surface area contributed by atoms with Crippen molar-refractivity contribution < 1.29 is 14.6 Å². The lowest BCUT2D eigenvalue weighted by molar-refractivity contribution is -0.137. The molecule has 1 atom stereocenters. The van der Waals surface area contributed by atoms with E-state index in [1.54, 1.807) is 7.11 Å². The Morgan fingerprint density at radius 3 is 2.82 bits per heavy atom. The number of likely N-dealkylation sites (tertiary alicyclic amines) is 1. The third-order valence-corrected chi connectivity index (χ3v) is 3.52. The van der Waals surface area contributed by atoms with Gasteiger partial charge in [-0.25, -0.2) is 0 Å². The molecule has 17 heavy (non-hydrogen) atoms. The molecule has 0 aromatic carbocycles. The topological polar surface area (TPSA) is 49.8 Å². The van der Waals surface area contributed by atoms with Gasteiger partial charge in [0.05, 0.1) is 12.0 Å². The number of aliphatic hydroxyl groups excluding tert-OH is 1. The number of rotatable bonds is 6. The van der Waals surface area contributed by atoms with Crippen molar-refractivity contribution in [2.75, 3.05) is 20.3 Å². The zero-order valence-corrected chi connectivity index (χ0v) is 11.2. The van der Waals surface area contributed by atoms with Crippen LogP contribution in [0.5, 0.6) is 0 Å². The molecule has 1 unspecified atom stereocenters. The van der Waals surface area contributed by atoms with Gasteiger partial charge in [0.2, 0.25) is 5.91 Å². The van der Waals surface area contributed by atoms with Crippen LogP contribution in [0.4, 0.5) is 0 Å². The SMILES string of the molecule is COC(C)(C)CC(=O)N1CCCC1CCCO. The van der Waals surface area contributed by atoms with Gasteiger partial charge < -0.3 is 14.7 Å². The van der Waals surface area contributed by atoms with Crippen molar-refractivity contribution in [3.63, 3.8) is 0 Å². The van der Waals surface area contributed by atoms with Crippen LogP contribution < -0.4 is 0 Å². The Labute approximate surface area is 104 Å². The summed E-state index contributed by atoms with van der Waals surface area (Å²) < 4.78 is 5.30. The number of nitrogens with zero attached hydrogens (tertiary/aromatic N) is 1. The summed E-state index contributed by atoms with van der Waals surface area (Å²) in [5.74, 6) is 0.178. The number of aliphatic hydroxyl groups is 1. The first-order valence-corrected chi connectivity index (χ1v) is 6.45. The fourth-order valence-corrected chi connectivity index (χ4v) is 2.33. The van der Waals surface area contributed by atoms with Crippen LogP contribution >= 0.6 is 0 Å². The zero-order valence-electron chi connectivity index (χ0n) is 11.2. The molecular weight excluding hydrogens is 218 g/mol. The molecule has 0 aromatic rings. The largest absolute Gasteiger partial charge is 0.396 e. The van der Waals surface area contributed by atoms with Crippen LogP contribution in [-0.2, 0) is 9.53 Å². The van der Waals surface area contributed by atoms with E-state index in [0.29, 0.717) is 12.5 Å². The Kier molecular flexibility index (Phi) is 5.40. The minimum Gasteiger partial charge on any atom is -0.396 e. The molecule has 0 saturated carbocycles. The maximum absolute atomic E-state index is 12.2. The van der Waals surface area contributed by atoms with E-state index >= 15 is 0 Å². The summed E-state index contributed by atoms with van der Waals surface area (Å²) in [7, 11) is 1.64. The van der Waals surface area contributed by atoms with E-state index in [-0.39, 0.29) is 18.1 Å². The van der Waals surface area contributed by atoms with Crippen molar-refractivity contribution in [3.8, 4) is 0 Å². The summed E-state index contributed by atoms with van der Waals surface area (Å²) in [5, 5.41) is 8.85. The molecule has 4 nitrogen and oxygen atoms in total. The second kappa shape index (κ2) is 6.36. The normalized spacial score (nSPS) is 20.9. The van der Waals surface area contributed by atoms with Crippen molar-refractivity contribution in [1.82, 2.24) is 4.90 Å². The summed E-state index contributed by atoms with van der Waals surface area (Å²) in [6.45, 7) is 4.93. The van der Waals surface area contributed by atoms with Crippen molar-refractivity contribution in [2.24, 2.45) is 0 Å². The van der Waals surface area contributed by atoms with Crippen molar-refractivity contribution in [1.29, 1.82) is 0 Å².